The van der Waals surface area contributed by atoms with Gasteiger partial charge in [0, 0.05) is 31.5 Å². The molecule has 2 amide bonds. The zero-order valence-corrected chi connectivity index (χ0v) is 16.7. The summed E-state index contributed by atoms with van der Waals surface area (Å²) in [6.07, 6.45) is 1.69. The van der Waals surface area contributed by atoms with Crippen LogP contribution in [0.3, 0.4) is 0 Å². The van der Waals surface area contributed by atoms with Gasteiger partial charge in [0.15, 0.2) is 0 Å². The number of methoxy groups -OCH3 is 1. The van der Waals surface area contributed by atoms with Crippen LogP contribution < -0.4 is 4.74 Å². The summed E-state index contributed by atoms with van der Waals surface area (Å²) < 4.78 is 19.0. The van der Waals surface area contributed by atoms with Crippen LogP contribution in [0.1, 0.15) is 41.6 Å². The monoisotopic (exact) mass is 396 g/mol. The predicted octanol–water partition coefficient (Wildman–Crippen LogP) is 3.45. The second-order valence-corrected chi connectivity index (χ2v) is 7.76. The molecule has 0 N–H and O–H groups in total. The molecule has 2 fully saturated rings. The number of fused-ring (bicyclic) bond motifs is 1. The normalized spacial score (nSPS) is 23.6. The molecule has 0 unspecified atom stereocenters. The van der Waals surface area contributed by atoms with Crippen molar-refractivity contribution in [3.8, 4) is 5.75 Å². The number of likely N-dealkylation sites (tertiary alicyclic amines) is 2. The van der Waals surface area contributed by atoms with Crippen molar-refractivity contribution in [1.82, 2.24) is 9.80 Å². The zero-order chi connectivity index (χ0) is 20.5. The molecule has 0 saturated carbocycles. The van der Waals surface area contributed by atoms with Crippen molar-refractivity contribution in [3.63, 3.8) is 0 Å². The first-order valence-corrected chi connectivity index (χ1v) is 9.97. The molecule has 6 heteroatoms. The van der Waals surface area contributed by atoms with E-state index in [1.165, 1.54) is 12.1 Å². The number of amides is 2. The van der Waals surface area contributed by atoms with Crippen molar-refractivity contribution in [3.05, 3.63) is 65.5 Å². The van der Waals surface area contributed by atoms with Crippen LogP contribution in [0, 0.1) is 5.82 Å². The molecule has 2 aromatic rings. The Morgan fingerprint density at radius 1 is 1.10 bits per heavy atom. The number of piperidine rings is 1. The van der Waals surface area contributed by atoms with Gasteiger partial charge in [-0.25, -0.2) is 4.39 Å². The van der Waals surface area contributed by atoms with E-state index in [4.69, 9.17) is 4.74 Å². The van der Waals surface area contributed by atoms with Gasteiger partial charge in [-0.05, 0) is 48.7 Å². The van der Waals surface area contributed by atoms with Crippen molar-refractivity contribution in [2.24, 2.45) is 0 Å². The molecule has 0 radical (unpaired) electrons. The Morgan fingerprint density at radius 3 is 2.52 bits per heavy atom. The van der Waals surface area contributed by atoms with Crippen LogP contribution in [0.2, 0.25) is 0 Å². The SMILES string of the molecule is COc1ccc([C@H]2CN(C(=O)c3cccc(F)c3)[C@@H]3CCCN(C(C)=O)[C@H]23)cc1. The first-order chi connectivity index (χ1) is 14.0. The van der Waals surface area contributed by atoms with Crippen LogP contribution >= 0.6 is 0 Å². The van der Waals surface area contributed by atoms with E-state index in [2.05, 4.69) is 0 Å². The number of carbonyl (C=O) groups excluding carboxylic acids is 2. The van der Waals surface area contributed by atoms with Crippen molar-refractivity contribution in [2.45, 2.75) is 37.8 Å². The molecule has 0 bridgehead atoms. The molecule has 0 aliphatic carbocycles. The highest BCUT2D eigenvalue weighted by Gasteiger charge is 2.49. The summed E-state index contributed by atoms with van der Waals surface area (Å²) in [7, 11) is 1.62. The zero-order valence-electron chi connectivity index (χ0n) is 16.7. The van der Waals surface area contributed by atoms with Crippen molar-refractivity contribution in [1.29, 1.82) is 0 Å². The third-order valence-electron chi connectivity index (χ3n) is 6.14. The second kappa shape index (κ2) is 7.85. The quantitative estimate of drug-likeness (QED) is 0.799. The van der Waals surface area contributed by atoms with Crippen LogP contribution in [0.5, 0.6) is 5.75 Å². The van der Waals surface area contributed by atoms with E-state index in [0.29, 0.717) is 18.7 Å². The van der Waals surface area contributed by atoms with E-state index in [1.54, 1.807) is 26.2 Å². The number of hydrogen-bond acceptors (Lipinski definition) is 3. The van der Waals surface area contributed by atoms with Gasteiger partial charge in [0.25, 0.3) is 5.91 Å². The highest BCUT2D eigenvalue weighted by Crippen LogP contribution is 2.41. The minimum Gasteiger partial charge on any atom is -0.497 e. The van der Waals surface area contributed by atoms with Gasteiger partial charge in [0.2, 0.25) is 5.91 Å². The lowest BCUT2D eigenvalue weighted by atomic mass is 9.86. The lowest BCUT2D eigenvalue weighted by Crippen LogP contribution is -2.53. The van der Waals surface area contributed by atoms with E-state index in [-0.39, 0.29) is 29.8 Å². The van der Waals surface area contributed by atoms with E-state index in [9.17, 15) is 14.0 Å². The molecule has 0 spiro atoms. The molecule has 2 aliphatic rings. The van der Waals surface area contributed by atoms with Gasteiger partial charge in [-0.2, -0.15) is 0 Å². The lowest BCUT2D eigenvalue weighted by Gasteiger charge is -2.41. The predicted molar refractivity (Wildman–Crippen MR) is 107 cm³/mol. The van der Waals surface area contributed by atoms with Crippen LogP contribution in [0.25, 0.3) is 0 Å². The molecule has 2 saturated heterocycles. The third-order valence-corrected chi connectivity index (χ3v) is 6.14. The Hall–Kier alpha value is -2.89. The average Bonchev–Trinajstić information content (AvgIpc) is 3.13. The fourth-order valence-corrected chi connectivity index (χ4v) is 4.82. The molecule has 152 valence electrons. The summed E-state index contributed by atoms with van der Waals surface area (Å²) in [5.41, 5.74) is 1.42. The smallest absolute Gasteiger partial charge is 0.254 e. The summed E-state index contributed by atoms with van der Waals surface area (Å²) in [5, 5.41) is 0. The molecule has 2 aliphatic heterocycles. The number of hydrogen-bond donors (Lipinski definition) is 0. The maximum Gasteiger partial charge on any atom is 0.254 e. The van der Waals surface area contributed by atoms with E-state index in [0.717, 1.165) is 24.2 Å². The summed E-state index contributed by atoms with van der Waals surface area (Å²) in [4.78, 5) is 29.3. The molecule has 3 atom stereocenters. The molecule has 29 heavy (non-hydrogen) atoms. The minimum atomic E-state index is -0.424. The third kappa shape index (κ3) is 3.59. The average molecular weight is 396 g/mol. The number of halogens is 1. The molecule has 2 heterocycles. The molecular weight excluding hydrogens is 371 g/mol. The first-order valence-electron chi connectivity index (χ1n) is 9.97. The summed E-state index contributed by atoms with van der Waals surface area (Å²) in [5.74, 6) is 0.196. The Labute approximate surface area is 170 Å². The first kappa shape index (κ1) is 19.4. The molecule has 4 rings (SSSR count). The Kier molecular flexibility index (Phi) is 5.26. The van der Waals surface area contributed by atoms with Gasteiger partial charge < -0.3 is 14.5 Å². The van der Waals surface area contributed by atoms with Crippen LogP contribution in [0.4, 0.5) is 4.39 Å². The van der Waals surface area contributed by atoms with Gasteiger partial charge in [-0.3, -0.25) is 9.59 Å². The standard InChI is InChI=1S/C23H25FN2O3/c1-15(27)25-12-4-7-21-22(25)20(16-8-10-19(29-2)11-9-16)14-26(21)23(28)17-5-3-6-18(24)13-17/h3,5-6,8-11,13,20-22H,4,7,12,14H2,1-2H3/t20-,21-,22-/m1/s1. The summed E-state index contributed by atoms with van der Waals surface area (Å²) in [6.45, 7) is 2.79. The fourth-order valence-electron chi connectivity index (χ4n) is 4.82. The van der Waals surface area contributed by atoms with Crippen molar-refractivity contribution in [2.75, 3.05) is 20.2 Å². The Balaban J connectivity index is 1.70. The number of benzene rings is 2. The van der Waals surface area contributed by atoms with Crippen molar-refractivity contribution >= 4 is 11.8 Å². The number of nitrogens with zero attached hydrogens (tertiary/aromatic N) is 2. The molecule has 2 aromatic carbocycles. The molecular formula is C23H25FN2O3. The topological polar surface area (TPSA) is 49.9 Å². The Bertz CT molecular complexity index is 915. The van der Waals surface area contributed by atoms with Gasteiger partial charge >= 0.3 is 0 Å². The van der Waals surface area contributed by atoms with Crippen LogP contribution in [-0.2, 0) is 4.79 Å². The van der Waals surface area contributed by atoms with Crippen LogP contribution in [-0.4, -0.2) is 53.9 Å². The van der Waals surface area contributed by atoms with Gasteiger partial charge in [0.05, 0.1) is 19.2 Å². The largest absolute Gasteiger partial charge is 0.497 e. The lowest BCUT2D eigenvalue weighted by molar-refractivity contribution is -0.133. The van der Waals surface area contributed by atoms with E-state index in [1.807, 2.05) is 34.1 Å². The maximum atomic E-state index is 13.7. The fraction of sp³-hybridized carbons (Fsp3) is 0.391. The van der Waals surface area contributed by atoms with Gasteiger partial charge in [0.1, 0.15) is 11.6 Å². The van der Waals surface area contributed by atoms with E-state index >= 15 is 0 Å². The summed E-state index contributed by atoms with van der Waals surface area (Å²) in [6, 6.07) is 13.5. The summed E-state index contributed by atoms with van der Waals surface area (Å²) >= 11 is 0. The minimum absolute atomic E-state index is 0.00705. The van der Waals surface area contributed by atoms with Crippen molar-refractivity contribution < 1.29 is 18.7 Å². The highest BCUT2D eigenvalue weighted by molar-refractivity contribution is 5.95. The molecule has 5 nitrogen and oxygen atoms in total. The van der Waals surface area contributed by atoms with Gasteiger partial charge in [-0.15, -0.1) is 0 Å². The number of ether oxygens (including phenoxy) is 1. The van der Waals surface area contributed by atoms with Crippen LogP contribution in [0.15, 0.2) is 48.5 Å². The second-order valence-electron chi connectivity index (χ2n) is 7.76. The number of rotatable bonds is 3. The maximum absolute atomic E-state index is 13.7. The van der Waals surface area contributed by atoms with E-state index < -0.39 is 5.82 Å². The molecule has 0 aromatic heterocycles. The Morgan fingerprint density at radius 2 is 1.86 bits per heavy atom. The highest BCUT2D eigenvalue weighted by atomic mass is 19.1. The van der Waals surface area contributed by atoms with Gasteiger partial charge in [-0.1, -0.05) is 18.2 Å². The number of carbonyl (C=O) groups is 2.